The van der Waals surface area contributed by atoms with Crippen LogP contribution in [0.3, 0.4) is 0 Å². The maximum Gasteiger partial charge on any atom is 0.338 e. The summed E-state index contributed by atoms with van der Waals surface area (Å²) in [6, 6.07) is 13.4. The number of nitrogens with one attached hydrogen (secondary N) is 1. The molecule has 164 valence electrons. The van der Waals surface area contributed by atoms with Crippen LogP contribution in [0.1, 0.15) is 88.9 Å². The van der Waals surface area contributed by atoms with E-state index in [1.807, 2.05) is 44.2 Å². The summed E-state index contributed by atoms with van der Waals surface area (Å²) in [6.07, 6.45) is 4.27. The van der Waals surface area contributed by atoms with E-state index in [4.69, 9.17) is 10.00 Å². The lowest BCUT2D eigenvalue weighted by molar-refractivity contribution is 0.0599. The van der Waals surface area contributed by atoms with Gasteiger partial charge in [0.25, 0.3) is 5.91 Å². The quantitative estimate of drug-likeness (QED) is 0.538. The first-order valence-electron chi connectivity index (χ1n) is 11.0. The number of carbonyl (C=O) groups excluding carboxylic acids is 2. The van der Waals surface area contributed by atoms with Crippen LogP contribution in [-0.2, 0) is 17.6 Å². The second-order valence-electron chi connectivity index (χ2n) is 7.63. The number of benzene rings is 2. The first-order chi connectivity index (χ1) is 15.0. The van der Waals surface area contributed by atoms with E-state index < -0.39 is 5.97 Å². The third-order valence-corrected chi connectivity index (χ3v) is 5.67. The summed E-state index contributed by atoms with van der Waals surface area (Å²) < 4.78 is 4.90. The topological polar surface area (TPSA) is 79.2 Å². The molecule has 0 bridgehead atoms. The molecular formula is C26H32N2O3. The third-order valence-electron chi connectivity index (χ3n) is 5.67. The molecule has 0 aliphatic heterocycles. The number of methoxy groups -OCH3 is 1. The van der Waals surface area contributed by atoms with E-state index in [2.05, 4.69) is 18.3 Å². The molecule has 0 aliphatic rings. The Bertz CT molecular complexity index is 942. The Hall–Kier alpha value is -3.13. The van der Waals surface area contributed by atoms with Crippen molar-refractivity contribution in [1.29, 1.82) is 5.26 Å². The first-order valence-corrected chi connectivity index (χ1v) is 11.0. The number of hydrogen-bond donors (Lipinski definition) is 1. The van der Waals surface area contributed by atoms with Crippen LogP contribution in [0.5, 0.6) is 0 Å². The van der Waals surface area contributed by atoms with Gasteiger partial charge < -0.3 is 10.1 Å². The van der Waals surface area contributed by atoms with Gasteiger partial charge in [0.1, 0.15) is 0 Å². The molecule has 0 heterocycles. The van der Waals surface area contributed by atoms with Crippen molar-refractivity contribution < 1.29 is 14.3 Å². The van der Waals surface area contributed by atoms with Crippen molar-refractivity contribution in [2.24, 2.45) is 0 Å². The second-order valence-corrected chi connectivity index (χ2v) is 7.63. The predicted octanol–water partition coefficient (Wildman–Crippen LogP) is 5.17. The number of esters is 1. The van der Waals surface area contributed by atoms with Gasteiger partial charge in [-0.2, -0.15) is 5.26 Å². The lowest BCUT2D eigenvalue weighted by Gasteiger charge is -2.18. The monoisotopic (exact) mass is 420 g/mol. The van der Waals surface area contributed by atoms with Crippen LogP contribution in [0.4, 0.5) is 0 Å². The molecule has 1 N–H and O–H groups in total. The van der Waals surface area contributed by atoms with Crippen molar-refractivity contribution in [3.63, 3.8) is 0 Å². The van der Waals surface area contributed by atoms with Crippen LogP contribution in [0.15, 0.2) is 36.4 Å². The number of aryl methyl sites for hydroxylation is 2. The van der Waals surface area contributed by atoms with E-state index in [0.29, 0.717) is 42.0 Å². The highest BCUT2D eigenvalue weighted by Gasteiger charge is 2.19. The van der Waals surface area contributed by atoms with Gasteiger partial charge in [0.15, 0.2) is 0 Å². The van der Waals surface area contributed by atoms with Crippen molar-refractivity contribution in [3.8, 4) is 6.07 Å². The van der Waals surface area contributed by atoms with Gasteiger partial charge in [-0.3, -0.25) is 4.79 Å². The Kier molecular flexibility index (Phi) is 9.27. The Labute approximate surface area is 185 Å². The van der Waals surface area contributed by atoms with Crippen molar-refractivity contribution in [2.45, 2.75) is 58.8 Å². The normalized spacial score (nSPS) is 11.5. The molecule has 1 atom stereocenters. The highest BCUT2D eigenvalue weighted by Crippen LogP contribution is 2.25. The molecule has 2 rings (SSSR count). The zero-order valence-corrected chi connectivity index (χ0v) is 19.0. The Balaban J connectivity index is 2.14. The van der Waals surface area contributed by atoms with E-state index in [1.165, 1.54) is 12.7 Å². The summed E-state index contributed by atoms with van der Waals surface area (Å²) in [7, 11) is 1.35. The molecular weight excluding hydrogens is 388 g/mol. The Morgan fingerprint density at radius 2 is 1.65 bits per heavy atom. The number of hydrogen-bond acceptors (Lipinski definition) is 4. The average molecular weight is 421 g/mol. The zero-order chi connectivity index (χ0) is 22.8. The molecule has 2 aromatic rings. The maximum atomic E-state index is 12.9. The Morgan fingerprint density at radius 3 is 2.19 bits per heavy atom. The van der Waals surface area contributed by atoms with Crippen LogP contribution < -0.4 is 5.32 Å². The molecule has 31 heavy (non-hydrogen) atoms. The van der Waals surface area contributed by atoms with E-state index >= 15 is 0 Å². The van der Waals surface area contributed by atoms with Crippen LogP contribution in [0.2, 0.25) is 0 Å². The number of ether oxygens (including phenoxy) is 1. The fraction of sp³-hybridized carbons (Fsp3) is 0.423. The summed E-state index contributed by atoms with van der Waals surface area (Å²) in [4.78, 5) is 25.1. The standard InChI is InChI=1S/C26H32N2O3/c1-5-8-21(22-11-9-18(17-27)10-12-22)13-14-28-25(29)23-16-24(26(30)31-4)20(7-3)15-19(23)6-2/h9-12,15-16,21H,5-8,13-14H2,1-4H3,(H,28,29). The lowest BCUT2D eigenvalue weighted by atomic mass is 9.90. The third kappa shape index (κ3) is 6.18. The minimum Gasteiger partial charge on any atom is -0.465 e. The lowest BCUT2D eigenvalue weighted by Crippen LogP contribution is -2.27. The molecule has 0 saturated carbocycles. The molecule has 0 saturated heterocycles. The highest BCUT2D eigenvalue weighted by atomic mass is 16.5. The second kappa shape index (κ2) is 11.9. The van der Waals surface area contributed by atoms with E-state index in [1.54, 1.807) is 6.07 Å². The zero-order valence-electron chi connectivity index (χ0n) is 19.0. The van der Waals surface area contributed by atoms with Gasteiger partial charge in [-0.1, -0.05) is 45.4 Å². The van der Waals surface area contributed by atoms with Crippen molar-refractivity contribution in [3.05, 3.63) is 69.8 Å². The number of carbonyl (C=O) groups is 2. The molecule has 0 aromatic heterocycles. The fourth-order valence-electron chi connectivity index (χ4n) is 3.90. The van der Waals surface area contributed by atoms with Gasteiger partial charge >= 0.3 is 5.97 Å². The molecule has 1 amide bonds. The number of amides is 1. The first kappa shape index (κ1) is 24.1. The van der Waals surface area contributed by atoms with Crippen LogP contribution in [0, 0.1) is 11.3 Å². The van der Waals surface area contributed by atoms with E-state index in [-0.39, 0.29) is 5.91 Å². The van der Waals surface area contributed by atoms with Crippen LogP contribution >= 0.6 is 0 Å². The molecule has 0 aliphatic carbocycles. The van der Waals surface area contributed by atoms with Gasteiger partial charge in [0.2, 0.25) is 0 Å². The van der Waals surface area contributed by atoms with Gasteiger partial charge in [0, 0.05) is 12.1 Å². The molecule has 5 heteroatoms. The molecule has 0 spiro atoms. The van der Waals surface area contributed by atoms with Crippen molar-refractivity contribution in [2.75, 3.05) is 13.7 Å². The summed E-state index contributed by atoms with van der Waals surface area (Å²) >= 11 is 0. The minimum atomic E-state index is -0.419. The largest absolute Gasteiger partial charge is 0.465 e. The van der Waals surface area contributed by atoms with Gasteiger partial charge in [-0.15, -0.1) is 0 Å². The average Bonchev–Trinajstić information content (AvgIpc) is 2.81. The fourth-order valence-corrected chi connectivity index (χ4v) is 3.90. The smallest absolute Gasteiger partial charge is 0.338 e. The highest BCUT2D eigenvalue weighted by molar-refractivity contribution is 6.00. The van der Waals surface area contributed by atoms with Gasteiger partial charge in [0.05, 0.1) is 24.3 Å². The van der Waals surface area contributed by atoms with E-state index in [0.717, 1.165) is 30.4 Å². The van der Waals surface area contributed by atoms with Gasteiger partial charge in [-0.05, 0) is 66.5 Å². The summed E-state index contributed by atoms with van der Waals surface area (Å²) in [5.74, 6) is -0.270. The van der Waals surface area contributed by atoms with Gasteiger partial charge in [-0.25, -0.2) is 4.79 Å². The number of nitriles is 1. The maximum absolute atomic E-state index is 12.9. The van der Waals surface area contributed by atoms with Crippen molar-refractivity contribution in [1.82, 2.24) is 5.32 Å². The summed E-state index contributed by atoms with van der Waals surface area (Å²) in [5, 5.41) is 12.0. The molecule has 0 fully saturated rings. The van der Waals surface area contributed by atoms with Crippen LogP contribution in [-0.4, -0.2) is 25.5 Å². The van der Waals surface area contributed by atoms with Crippen LogP contribution in [0.25, 0.3) is 0 Å². The molecule has 0 radical (unpaired) electrons. The van der Waals surface area contributed by atoms with Crippen molar-refractivity contribution >= 4 is 11.9 Å². The van der Waals surface area contributed by atoms with E-state index in [9.17, 15) is 9.59 Å². The Morgan fingerprint density at radius 1 is 1.00 bits per heavy atom. The molecule has 5 nitrogen and oxygen atoms in total. The SMILES string of the molecule is CCCC(CCNC(=O)c1cc(C(=O)OC)c(CC)cc1CC)c1ccc(C#N)cc1. The molecule has 2 aromatic carbocycles. The number of nitrogens with zero attached hydrogens (tertiary/aromatic N) is 1. The summed E-state index contributed by atoms with van der Waals surface area (Å²) in [5.41, 5.74) is 4.64. The minimum absolute atomic E-state index is 0.167. The predicted molar refractivity (Wildman–Crippen MR) is 122 cm³/mol. The summed E-state index contributed by atoms with van der Waals surface area (Å²) in [6.45, 7) is 6.67. The number of rotatable bonds is 10. The molecule has 1 unspecified atom stereocenters.